The fourth-order valence-electron chi connectivity index (χ4n) is 2.21. The number of nitrogens with one attached hydrogen (secondary N) is 2. The molecule has 26 heavy (non-hydrogen) atoms. The van der Waals surface area contributed by atoms with E-state index in [0.29, 0.717) is 13.1 Å². The van der Waals surface area contributed by atoms with Gasteiger partial charge in [0.1, 0.15) is 17.4 Å². The number of rotatable bonds is 9. The van der Waals surface area contributed by atoms with Crippen LogP contribution in [0.15, 0.2) is 4.99 Å². The SMILES string of the molecule is CCOCCCNC(=NCc1nnc(C)n1C)NCc1nc(C)c(C)s1. The third kappa shape index (κ3) is 6.06. The summed E-state index contributed by atoms with van der Waals surface area (Å²) in [6, 6.07) is 0. The van der Waals surface area contributed by atoms with Gasteiger partial charge in [0, 0.05) is 31.7 Å². The summed E-state index contributed by atoms with van der Waals surface area (Å²) in [7, 11) is 1.95. The minimum absolute atomic E-state index is 0.466. The largest absolute Gasteiger partial charge is 0.382 e. The standard InChI is InChI=1S/C17H29N7OS/c1-6-25-9-7-8-18-17(19-10-15-23-22-14(4)24(15)5)20-11-16-21-12(2)13(3)26-16/h6-11H2,1-5H3,(H2,18,19,20). The van der Waals surface area contributed by atoms with E-state index in [1.54, 1.807) is 11.3 Å². The van der Waals surface area contributed by atoms with Crippen molar-refractivity contribution < 1.29 is 4.74 Å². The third-order valence-corrected chi connectivity index (χ3v) is 5.08. The van der Waals surface area contributed by atoms with Crippen LogP contribution in [0.5, 0.6) is 0 Å². The summed E-state index contributed by atoms with van der Waals surface area (Å²) >= 11 is 1.71. The van der Waals surface area contributed by atoms with Gasteiger partial charge in [-0.1, -0.05) is 0 Å². The van der Waals surface area contributed by atoms with Gasteiger partial charge < -0.3 is 19.9 Å². The van der Waals surface area contributed by atoms with E-state index in [4.69, 9.17) is 4.74 Å². The number of nitrogens with zero attached hydrogens (tertiary/aromatic N) is 5. The van der Waals surface area contributed by atoms with Crippen molar-refractivity contribution >= 4 is 17.3 Å². The maximum atomic E-state index is 5.38. The van der Waals surface area contributed by atoms with Crippen LogP contribution in [-0.4, -0.2) is 45.5 Å². The predicted octanol–water partition coefficient (Wildman–Crippen LogP) is 1.86. The highest BCUT2D eigenvalue weighted by molar-refractivity contribution is 7.11. The monoisotopic (exact) mass is 379 g/mol. The van der Waals surface area contributed by atoms with E-state index in [1.165, 1.54) is 4.88 Å². The molecule has 2 aromatic rings. The summed E-state index contributed by atoms with van der Waals surface area (Å²) < 4.78 is 7.33. The summed E-state index contributed by atoms with van der Waals surface area (Å²) in [6.45, 7) is 11.4. The van der Waals surface area contributed by atoms with Crippen molar-refractivity contribution in [3.8, 4) is 0 Å². The van der Waals surface area contributed by atoms with Crippen molar-refractivity contribution in [2.24, 2.45) is 12.0 Å². The molecule has 0 aliphatic rings. The molecule has 0 aliphatic carbocycles. The van der Waals surface area contributed by atoms with E-state index in [2.05, 4.69) is 37.7 Å². The first-order valence-electron chi connectivity index (χ1n) is 8.89. The number of aromatic nitrogens is 4. The summed E-state index contributed by atoms with van der Waals surface area (Å²) in [5.74, 6) is 2.45. The molecule has 2 aromatic heterocycles. The molecule has 8 nitrogen and oxygen atoms in total. The van der Waals surface area contributed by atoms with Crippen molar-refractivity contribution in [1.82, 2.24) is 30.4 Å². The molecule has 2 rings (SSSR count). The lowest BCUT2D eigenvalue weighted by Crippen LogP contribution is -2.38. The Morgan fingerprint density at radius 1 is 1.23 bits per heavy atom. The number of hydrogen-bond donors (Lipinski definition) is 2. The molecule has 0 spiro atoms. The van der Waals surface area contributed by atoms with Crippen LogP contribution in [0.25, 0.3) is 0 Å². The molecule has 0 atom stereocenters. The fraction of sp³-hybridized carbons (Fsp3) is 0.647. The van der Waals surface area contributed by atoms with Gasteiger partial charge in [0.15, 0.2) is 11.8 Å². The first-order chi connectivity index (χ1) is 12.5. The van der Waals surface area contributed by atoms with E-state index in [1.807, 2.05) is 32.4 Å². The van der Waals surface area contributed by atoms with Gasteiger partial charge in [0.05, 0.1) is 12.2 Å². The number of thiazole rings is 1. The van der Waals surface area contributed by atoms with Crippen LogP contribution in [0.3, 0.4) is 0 Å². The minimum Gasteiger partial charge on any atom is -0.382 e. The smallest absolute Gasteiger partial charge is 0.192 e. The molecule has 0 radical (unpaired) electrons. The lowest BCUT2D eigenvalue weighted by atomic mass is 10.4. The highest BCUT2D eigenvalue weighted by Crippen LogP contribution is 2.15. The Hall–Kier alpha value is -2.00. The molecule has 2 heterocycles. The summed E-state index contributed by atoms with van der Waals surface area (Å²) in [6.07, 6.45) is 0.924. The van der Waals surface area contributed by atoms with Crippen LogP contribution < -0.4 is 10.6 Å². The van der Waals surface area contributed by atoms with Crippen LogP contribution in [0, 0.1) is 20.8 Å². The second kappa shape index (κ2) is 10.2. The molecule has 0 fully saturated rings. The molecule has 0 unspecified atom stereocenters. The summed E-state index contributed by atoms with van der Waals surface area (Å²) in [4.78, 5) is 10.5. The van der Waals surface area contributed by atoms with E-state index in [0.717, 1.165) is 54.5 Å². The molecule has 2 N–H and O–H groups in total. The molecular weight excluding hydrogens is 350 g/mol. The van der Waals surface area contributed by atoms with Crippen molar-refractivity contribution in [1.29, 1.82) is 0 Å². The quantitative estimate of drug-likeness (QED) is 0.393. The van der Waals surface area contributed by atoms with Gasteiger partial charge in [-0.2, -0.15) is 0 Å². The number of aliphatic imine (C=N–C) groups is 1. The highest BCUT2D eigenvalue weighted by Gasteiger charge is 2.07. The number of hydrogen-bond acceptors (Lipinski definition) is 6. The lowest BCUT2D eigenvalue weighted by molar-refractivity contribution is 0.145. The highest BCUT2D eigenvalue weighted by atomic mass is 32.1. The van der Waals surface area contributed by atoms with Gasteiger partial charge in [-0.3, -0.25) is 0 Å². The van der Waals surface area contributed by atoms with Crippen LogP contribution in [0.2, 0.25) is 0 Å². The molecular formula is C17H29N7OS. The maximum Gasteiger partial charge on any atom is 0.192 e. The second-order valence-corrected chi connectivity index (χ2v) is 7.26. The molecule has 0 aromatic carbocycles. The van der Waals surface area contributed by atoms with Crippen molar-refractivity contribution in [2.75, 3.05) is 19.8 Å². The topological polar surface area (TPSA) is 89.2 Å². The first-order valence-corrected chi connectivity index (χ1v) is 9.70. The maximum absolute atomic E-state index is 5.38. The number of guanidine groups is 1. The van der Waals surface area contributed by atoms with Crippen LogP contribution in [0.1, 0.15) is 40.6 Å². The van der Waals surface area contributed by atoms with E-state index in [-0.39, 0.29) is 0 Å². The molecule has 0 saturated heterocycles. The second-order valence-electron chi connectivity index (χ2n) is 5.97. The van der Waals surface area contributed by atoms with Gasteiger partial charge >= 0.3 is 0 Å². The molecule has 0 amide bonds. The van der Waals surface area contributed by atoms with Crippen LogP contribution in [0.4, 0.5) is 0 Å². The number of aryl methyl sites for hydroxylation is 3. The molecule has 0 bridgehead atoms. The first kappa shape index (κ1) is 20.3. The average Bonchev–Trinajstić information content (AvgIpc) is 3.11. The van der Waals surface area contributed by atoms with E-state index >= 15 is 0 Å². The zero-order chi connectivity index (χ0) is 18.9. The zero-order valence-corrected chi connectivity index (χ0v) is 17.1. The minimum atomic E-state index is 0.466. The lowest BCUT2D eigenvalue weighted by Gasteiger charge is -2.12. The fourth-order valence-corrected chi connectivity index (χ4v) is 3.09. The van der Waals surface area contributed by atoms with Crippen molar-refractivity contribution in [3.63, 3.8) is 0 Å². The van der Waals surface area contributed by atoms with E-state index < -0.39 is 0 Å². The molecule has 0 saturated carbocycles. The summed E-state index contributed by atoms with van der Waals surface area (Å²) in [5, 5.41) is 16.0. The Morgan fingerprint density at radius 3 is 2.65 bits per heavy atom. The normalized spacial score (nSPS) is 11.8. The molecule has 0 aliphatic heterocycles. The van der Waals surface area contributed by atoms with Crippen LogP contribution in [-0.2, 0) is 24.9 Å². The van der Waals surface area contributed by atoms with Gasteiger partial charge in [-0.15, -0.1) is 21.5 Å². The third-order valence-electron chi connectivity index (χ3n) is 4.00. The van der Waals surface area contributed by atoms with Gasteiger partial charge in [-0.05, 0) is 34.1 Å². The Kier molecular flexibility index (Phi) is 7.99. The van der Waals surface area contributed by atoms with Crippen molar-refractivity contribution in [3.05, 3.63) is 27.2 Å². The Bertz CT molecular complexity index is 703. The Labute approximate surface area is 159 Å². The van der Waals surface area contributed by atoms with Crippen LogP contribution >= 0.6 is 11.3 Å². The Balaban J connectivity index is 1.95. The Morgan fingerprint density at radius 2 is 2.04 bits per heavy atom. The molecule has 144 valence electrons. The van der Waals surface area contributed by atoms with Gasteiger partial charge in [-0.25, -0.2) is 9.98 Å². The van der Waals surface area contributed by atoms with E-state index in [9.17, 15) is 0 Å². The average molecular weight is 380 g/mol. The number of ether oxygens (including phenoxy) is 1. The van der Waals surface area contributed by atoms with Gasteiger partial charge in [0.25, 0.3) is 0 Å². The van der Waals surface area contributed by atoms with Gasteiger partial charge in [0.2, 0.25) is 0 Å². The van der Waals surface area contributed by atoms with Crippen molar-refractivity contribution in [2.45, 2.75) is 47.2 Å². The molecule has 9 heteroatoms. The predicted molar refractivity (Wildman–Crippen MR) is 104 cm³/mol. The zero-order valence-electron chi connectivity index (χ0n) is 16.3. The summed E-state index contributed by atoms with van der Waals surface area (Å²) in [5.41, 5.74) is 1.09.